The molecule has 0 heterocycles. The molecule has 4 heteroatoms. The van der Waals surface area contributed by atoms with E-state index >= 15 is 0 Å². The van der Waals surface area contributed by atoms with E-state index in [0.717, 1.165) is 0 Å². The highest BCUT2D eigenvalue weighted by Crippen LogP contribution is 2.58. The summed E-state index contributed by atoms with van der Waals surface area (Å²) in [6, 6.07) is 0.165. The van der Waals surface area contributed by atoms with Gasteiger partial charge in [0.1, 0.15) is 0 Å². The Bertz CT molecular complexity index is 372. The second-order valence-corrected chi connectivity index (χ2v) is 6.81. The van der Waals surface area contributed by atoms with Gasteiger partial charge < -0.3 is 10.4 Å². The Morgan fingerprint density at radius 3 is 2.21 bits per heavy atom. The normalized spacial score (nSPS) is 31.5. The molecule has 2 fully saturated rings. The number of carbonyl (C=O) groups excluding carboxylic acids is 1. The molecule has 1 unspecified atom stereocenters. The van der Waals surface area contributed by atoms with E-state index < -0.39 is 17.3 Å². The van der Waals surface area contributed by atoms with Crippen molar-refractivity contribution in [2.45, 2.75) is 58.9 Å². The number of nitrogens with one attached hydrogen (secondary N) is 1. The molecular weight excluding hydrogens is 242 g/mol. The van der Waals surface area contributed by atoms with Crippen LogP contribution in [0.5, 0.6) is 0 Å². The monoisotopic (exact) mass is 267 g/mol. The van der Waals surface area contributed by atoms with E-state index in [9.17, 15) is 9.59 Å². The second kappa shape index (κ2) is 5.14. The molecule has 2 aliphatic carbocycles. The Balaban J connectivity index is 1.89. The summed E-state index contributed by atoms with van der Waals surface area (Å²) in [6.07, 6.45) is 6.15. The van der Waals surface area contributed by atoms with Crippen molar-refractivity contribution in [1.29, 1.82) is 0 Å². The minimum absolute atomic E-state index is 0.0736. The second-order valence-electron chi connectivity index (χ2n) is 6.81. The van der Waals surface area contributed by atoms with Crippen LogP contribution in [-0.4, -0.2) is 23.0 Å². The van der Waals surface area contributed by atoms with Crippen molar-refractivity contribution < 1.29 is 14.7 Å². The molecule has 2 rings (SSSR count). The largest absolute Gasteiger partial charge is 0.481 e. The number of hydrogen-bond acceptors (Lipinski definition) is 2. The molecule has 2 saturated carbocycles. The minimum Gasteiger partial charge on any atom is -0.481 e. The number of amides is 1. The highest BCUT2D eigenvalue weighted by molar-refractivity contribution is 5.91. The summed E-state index contributed by atoms with van der Waals surface area (Å²) in [5, 5.41) is 12.2. The van der Waals surface area contributed by atoms with Gasteiger partial charge in [0.05, 0.1) is 11.8 Å². The molecule has 2 aliphatic rings. The Kier molecular flexibility index (Phi) is 3.88. The fourth-order valence-corrected chi connectivity index (χ4v) is 3.65. The van der Waals surface area contributed by atoms with Gasteiger partial charge in [-0.25, -0.2) is 0 Å². The summed E-state index contributed by atoms with van der Waals surface area (Å²) in [6.45, 7) is 5.78. The van der Waals surface area contributed by atoms with Crippen LogP contribution in [0.4, 0.5) is 0 Å². The van der Waals surface area contributed by atoms with Crippen LogP contribution in [0.1, 0.15) is 52.9 Å². The van der Waals surface area contributed by atoms with Gasteiger partial charge >= 0.3 is 5.97 Å². The molecule has 0 bridgehead atoms. The zero-order chi connectivity index (χ0) is 14.2. The van der Waals surface area contributed by atoms with Crippen LogP contribution in [0, 0.1) is 23.2 Å². The van der Waals surface area contributed by atoms with E-state index in [1.807, 2.05) is 13.8 Å². The maximum Gasteiger partial charge on any atom is 0.307 e. The molecule has 19 heavy (non-hydrogen) atoms. The predicted molar refractivity (Wildman–Crippen MR) is 72.6 cm³/mol. The standard InChI is InChI=1S/C15H25NO3/c1-9(10-7-5-4-6-8-10)16-13(17)11-12(14(18)19)15(11,2)3/h9-12H,4-8H2,1-3H3,(H,16,17)(H,18,19)/t9?,11-,12+/m1/s1. The fraction of sp³-hybridized carbons (Fsp3) is 0.867. The number of carboxylic acids is 1. The van der Waals surface area contributed by atoms with E-state index in [1.54, 1.807) is 0 Å². The zero-order valence-electron chi connectivity index (χ0n) is 12.1. The summed E-state index contributed by atoms with van der Waals surface area (Å²) in [5.41, 5.74) is -0.401. The van der Waals surface area contributed by atoms with Crippen molar-refractivity contribution in [3.8, 4) is 0 Å². The smallest absolute Gasteiger partial charge is 0.307 e. The van der Waals surface area contributed by atoms with Gasteiger partial charge in [-0.1, -0.05) is 33.1 Å². The van der Waals surface area contributed by atoms with E-state index in [1.165, 1.54) is 32.1 Å². The summed E-state index contributed by atoms with van der Waals surface area (Å²) in [5.74, 6) is -1.25. The van der Waals surface area contributed by atoms with Gasteiger partial charge in [0, 0.05) is 6.04 Å². The van der Waals surface area contributed by atoms with Gasteiger partial charge in [-0.15, -0.1) is 0 Å². The van der Waals surface area contributed by atoms with Gasteiger partial charge in [-0.05, 0) is 31.1 Å². The number of hydrogen-bond donors (Lipinski definition) is 2. The number of rotatable bonds is 4. The Morgan fingerprint density at radius 1 is 1.16 bits per heavy atom. The molecule has 4 nitrogen and oxygen atoms in total. The molecule has 0 aromatic heterocycles. The fourth-order valence-electron chi connectivity index (χ4n) is 3.65. The van der Waals surface area contributed by atoms with Crippen LogP contribution in [0.25, 0.3) is 0 Å². The van der Waals surface area contributed by atoms with Gasteiger partial charge in [-0.3, -0.25) is 9.59 Å². The molecule has 0 radical (unpaired) electrons. The van der Waals surface area contributed by atoms with Crippen molar-refractivity contribution in [1.82, 2.24) is 5.32 Å². The SMILES string of the molecule is CC(NC(=O)[C@H]1[C@@H](C(=O)O)C1(C)C)C1CCCCC1. The molecule has 0 aliphatic heterocycles. The van der Waals surface area contributed by atoms with E-state index in [0.29, 0.717) is 5.92 Å². The van der Waals surface area contributed by atoms with Gasteiger partial charge in [0.15, 0.2) is 0 Å². The van der Waals surface area contributed by atoms with E-state index in [4.69, 9.17) is 5.11 Å². The van der Waals surface area contributed by atoms with Crippen molar-refractivity contribution >= 4 is 11.9 Å². The maximum absolute atomic E-state index is 12.2. The average Bonchev–Trinajstić information content (AvgIpc) is 2.93. The molecule has 2 N–H and O–H groups in total. The molecule has 0 saturated heterocycles. The van der Waals surface area contributed by atoms with Crippen LogP contribution in [0.3, 0.4) is 0 Å². The molecule has 0 aromatic rings. The Hall–Kier alpha value is -1.06. The third-order valence-corrected chi connectivity index (χ3v) is 5.10. The zero-order valence-corrected chi connectivity index (χ0v) is 12.1. The number of aliphatic carboxylic acids is 1. The number of carbonyl (C=O) groups is 2. The summed E-state index contributed by atoms with van der Waals surface area (Å²) in [4.78, 5) is 23.3. The van der Waals surface area contributed by atoms with Crippen molar-refractivity contribution in [2.75, 3.05) is 0 Å². The first-order valence-corrected chi connectivity index (χ1v) is 7.39. The predicted octanol–water partition coefficient (Wildman–Crippen LogP) is 2.43. The first-order chi connectivity index (χ1) is 8.85. The van der Waals surface area contributed by atoms with Crippen LogP contribution in [0.2, 0.25) is 0 Å². The lowest BCUT2D eigenvalue weighted by Gasteiger charge is -2.28. The summed E-state index contributed by atoms with van der Waals surface area (Å²) in [7, 11) is 0. The average molecular weight is 267 g/mol. The maximum atomic E-state index is 12.2. The van der Waals surface area contributed by atoms with E-state index in [-0.39, 0.29) is 17.9 Å². The lowest BCUT2D eigenvalue weighted by atomic mass is 9.84. The molecule has 0 aromatic carbocycles. The topological polar surface area (TPSA) is 66.4 Å². The summed E-state index contributed by atoms with van der Waals surface area (Å²) >= 11 is 0. The highest BCUT2D eigenvalue weighted by Gasteiger charge is 2.65. The third-order valence-electron chi connectivity index (χ3n) is 5.10. The molecule has 1 amide bonds. The third kappa shape index (κ3) is 2.77. The first kappa shape index (κ1) is 14.4. The number of carboxylic acid groups (broad SMARTS) is 1. The first-order valence-electron chi connectivity index (χ1n) is 7.39. The van der Waals surface area contributed by atoms with Crippen molar-refractivity contribution in [2.24, 2.45) is 23.2 Å². The Labute approximate surface area is 115 Å². The van der Waals surface area contributed by atoms with Crippen molar-refractivity contribution in [3.05, 3.63) is 0 Å². The van der Waals surface area contributed by atoms with Gasteiger partial charge in [-0.2, -0.15) is 0 Å². The van der Waals surface area contributed by atoms with Crippen LogP contribution < -0.4 is 5.32 Å². The summed E-state index contributed by atoms with van der Waals surface area (Å²) < 4.78 is 0. The van der Waals surface area contributed by atoms with Crippen LogP contribution >= 0.6 is 0 Å². The van der Waals surface area contributed by atoms with Crippen LogP contribution in [-0.2, 0) is 9.59 Å². The lowest BCUT2D eigenvalue weighted by molar-refractivity contribution is -0.140. The van der Waals surface area contributed by atoms with E-state index in [2.05, 4.69) is 12.2 Å². The van der Waals surface area contributed by atoms with Crippen molar-refractivity contribution in [3.63, 3.8) is 0 Å². The molecular formula is C15H25NO3. The van der Waals surface area contributed by atoms with Gasteiger partial charge in [0.25, 0.3) is 0 Å². The minimum atomic E-state index is -0.851. The van der Waals surface area contributed by atoms with Crippen LogP contribution in [0.15, 0.2) is 0 Å². The van der Waals surface area contributed by atoms with Gasteiger partial charge in [0.2, 0.25) is 5.91 Å². The Morgan fingerprint density at radius 2 is 1.74 bits per heavy atom. The molecule has 0 spiro atoms. The molecule has 3 atom stereocenters. The lowest BCUT2D eigenvalue weighted by Crippen LogP contribution is -2.40. The quantitative estimate of drug-likeness (QED) is 0.822. The molecule has 108 valence electrons. The highest BCUT2D eigenvalue weighted by atomic mass is 16.4.